The van der Waals surface area contributed by atoms with Gasteiger partial charge in [-0.2, -0.15) is 0 Å². The monoisotopic (exact) mass is 266 g/mol. The first-order valence-electron chi connectivity index (χ1n) is 6.87. The largest absolute Gasteiger partial charge is 0.477 e. The summed E-state index contributed by atoms with van der Waals surface area (Å²) < 4.78 is 5.60. The van der Waals surface area contributed by atoms with E-state index in [1.54, 1.807) is 12.4 Å². The minimum Gasteiger partial charge on any atom is -0.477 e. The molecular formula is C14H26N4O. The molecule has 1 N–H and O–H groups in total. The van der Waals surface area contributed by atoms with Crippen molar-refractivity contribution in [3.63, 3.8) is 0 Å². The van der Waals surface area contributed by atoms with Crippen LogP contribution in [0.2, 0.25) is 0 Å². The highest BCUT2D eigenvalue weighted by Crippen LogP contribution is 2.05. The van der Waals surface area contributed by atoms with Gasteiger partial charge in [0.15, 0.2) is 0 Å². The molecule has 0 saturated heterocycles. The van der Waals surface area contributed by atoms with Gasteiger partial charge in [-0.15, -0.1) is 0 Å². The van der Waals surface area contributed by atoms with Gasteiger partial charge < -0.3 is 15.0 Å². The van der Waals surface area contributed by atoms with E-state index >= 15 is 0 Å². The Morgan fingerprint density at radius 3 is 2.79 bits per heavy atom. The molecule has 1 heterocycles. The molecule has 1 rings (SSSR count). The van der Waals surface area contributed by atoms with Gasteiger partial charge in [0.05, 0.1) is 18.5 Å². The molecule has 0 fully saturated rings. The first-order valence-corrected chi connectivity index (χ1v) is 6.87. The van der Waals surface area contributed by atoms with Crippen molar-refractivity contribution in [3.8, 4) is 5.88 Å². The highest BCUT2D eigenvalue weighted by molar-refractivity contribution is 5.08. The van der Waals surface area contributed by atoms with E-state index in [0.29, 0.717) is 18.4 Å². The van der Waals surface area contributed by atoms with Crippen LogP contribution in [0, 0.1) is 5.92 Å². The predicted octanol–water partition coefficient (Wildman–Crippen LogP) is 1.55. The molecule has 108 valence electrons. The Bertz CT molecular complexity index is 355. The van der Waals surface area contributed by atoms with Gasteiger partial charge in [-0.25, -0.2) is 4.98 Å². The maximum Gasteiger partial charge on any atom is 0.232 e. The SMILES string of the molecule is CC(C)CNCc1cncc(OCCCN(C)C)n1. The number of rotatable bonds is 9. The molecule has 5 nitrogen and oxygen atoms in total. The molecule has 0 saturated carbocycles. The lowest BCUT2D eigenvalue weighted by molar-refractivity contribution is 0.271. The average molecular weight is 266 g/mol. The average Bonchev–Trinajstić information content (AvgIpc) is 2.34. The number of nitrogens with one attached hydrogen (secondary N) is 1. The predicted molar refractivity (Wildman–Crippen MR) is 77.2 cm³/mol. The first kappa shape index (κ1) is 15.9. The molecule has 0 aliphatic rings. The molecule has 0 aromatic carbocycles. The Kier molecular flexibility index (Phi) is 7.36. The van der Waals surface area contributed by atoms with Gasteiger partial charge in [-0.3, -0.25) is 4.98 Å². The standard InChI is InChI=1S/C14H26N4O/c1-12(2)8-15-9-13-10-16-11-14(17-13)19-7-5-6-18(3)4/h10-12,15H,5-9H2,1-4H3. The number of aromatic nitrogens is 2. The number of ether oxygens (including phenoxy) is 1. The second kappa shape index (κ2) is 8.82. The molecule has 0 aliphatic heterocycles. The number of nitrogens with zero attached hydrogens (tertiary/aromatic N) is 3. The van der Waals surface area contributed by atoms with Crippen molar-refractivity contribution in [1.29, 1.82) is 0 Å². The Labute approximate surface area is 116 Å². The van der Waals surface area contributed by atoms with Crippen molar-refractivity contribution >= 4 is 0 Å². The Balaban J connectivity index is 2.31. The number of hydrogen-bond acceptors (Lipinski definition) is 5. The third-order valence-corrected chi connectivity index (χ3v) is 2.52. The van der Waals surface area contributed by atoms with Gasteiger partial charge in [0.25, 0.3) is 0 Å². The van der Waals surface area contributed by atoms with Crippen molar-refractivity contribution < 1.29 is 4.74 Å². The van der Waals surface area contributed by atoms with E-state index in [2.05, 4.69) is 48.1 Å². The molecule has 5 heteroatoms. The zero-order chi connectivity index (χ0) is 14.1. The normalized spacial score (nSPS) is 11.3. The van der Waals surface area contributed by atoms with Gasteiger partial charge in [0.1, 0.15) is 0 Å². The fourth-order valence-corrected chi connectivity index (χ4v) is 1.59. The second-order valence-electron chi connectivity index (χ2n) is 5.38. The van der Waals surface area contributed by atoms with Crippen LogP contribution in [0.5, 0.6) is 5.88 Å². The maximum absolute atomic E-state index is 5.60. The summed E-state index contributed by atoms with van der Waals surface area (Å²) in [5.74, 6) is 1.25. The third kappa shape index (κ3) is 7.74. The van der Waals surface area contributed by atoms with Crippen LogP contribution in [0.3, 0.4) is 0 Å². The van der Waals surface area contributed by atoms with Crippen molar-refractivity contribution in [2.45, 2.75) is 26.8 Å². The van der Waals surface area contributed by atoms with Gasteiger partial charge in [-0.1, -0.05) is 13.8 Å². The summed E-state index contributed by atoms with van der Waals surface area (Å²) in [6.45, 7) is 7.78. The lowest BCUT2D eigenvalue weighted by Gasteiger charge is -2.10. The summed E-state index contributed by atoms with van der Waals surface area (Å²) in [6.07, 6.45) is 4.44. The molecule has 0 bridgehead atoms. The minimum atomic E-state index is 0.614. The second-order valence-corrected chi connectivity index (χ2v) is 5.38. The van der Waals surface area contributed by atoms with Crippen LogP contribution in [0.15, 0.2) is 12.4 Å². The Morgan fingerprint density at radius 1 is 1.32 bits per heavy atom. The molecule has 0 unspecified atom stereocenters. The van der Waals surface area contributed by atoms with Crippen molar-refractivity contribution in [2.75, 3.05) is 33.8 Å². The van der Waals surface area contributed by atoms with Crippen LogP contribution in [-0.4, -0.2) is 48.7 Å². The van der Waals surface area contributed by atoms with E-state index in [1.807, 2.05) is 0 Å². The van der Waals surface area contributed by atoms with E-state index < -0.39 is 0 Å². The van der Waals surface area contributed by atoms with Crippen LogP contribution in [0.1, 0.15) is 26.0 Å². The molecule has 0 radical (unpaired) electrons. The van der Waals surface area contributed by atoms with Gasteiger partial charge in [0.2, 0.25) is 5.88 Å². The summed E-state index contributed by atoms with van der Waals surface area (Å²) in [5.41, 5.74) is 0.922. The molecule has 0 atom stereocenters. The number of hydrogen-bond donors (Lipinski definition) is 1. The van der Waals surface area contributed by atoms with E-state index in [-0.39, 0.29) is 0 Å². The molecule has 1 aromatic heterocycles. The minimum absolute atomic E-state index is 0.614. The quantitative estimate of drug-likeness (QED) is 0.687. The maximum atomic E-state index is 5.60. The van der Waals surface area contributed by atoms with Gasteiger partial charge >= 0.3 is 0 Å². The van der Waals surface area contributed by atoms with E-state index in [9.17, 15) is 0 Å². The molecule has 1 aromatic rings. The van der Waals surface area contributed by atoms with E-state index in [0.717, 1.165) is 31.7 Å². The summed E-state index contributed by atoms with van der Waals surface area (Å²) in [5, 5.41) is 3.35. The zero-order valence-corrected chi connectivity index (χ0v) is 12.5. The smallest absolute Gasteiger partial charge is 0.232 e. The third-order valence-electron chi connectivity index (χ3n) is 2.52. The highest BCUT2D eigenvalue weighted by atomic mass is 16.5. The molecule has 0 spiro atoms. The molecular weight excluding hydrogens is 240 g/mol. The fraction of sp³-hybridized carbons (Fsp3) is 0.714. The van der Waals surface area contributed by atoms with E-state index in [1.165, 1.54) is 0 Å². The Morgan fingerprint density at radius 2 is 2.11 bits per heavy atom. The fourth-order valence-electron chi connectivity index (χ4n) is 1.59. The van der Waals surface area contributed by atoms with Crippen LogP contribution in [0.25, 0.3) is 0 Å². The van der Waals surface area contributed by atoms with Crippen molar-refractivity contribution in [3.05, 3.63) is 18.1 Å². The van der Waals surface area contributed by atoms with Gasteiger partial charge in [-0.05, 0) is 33.0 Å². The zero-order valence-electron chi connectivity index (χ0n) is 12.5. The summed E-state index contributed by atoms with van der Waals surface area (Å²) >= 11 is 0. The highest BCUT2D eigenvalue weighted by Gasteiger charge is 2.01. The summed E-state index contributed by atoms with van der Waals surface area (Å²) in [7, 11) is 4.11. The topological polar surface area (TPSA) is 50.3 Å². The molecule has 0 aliphatic carbocycles. The van der Waals surface area contributed by atoms with Gasteiger partial charge in [0, 0.05) is 19.3 Å². The van der Waals surface area contributed by atoms with Crippen molar-refractivity contribution in [2.24, 2.45) is 5.92 Å². The molecule has 19 heavy (non-hydrogen) atoms. The first-order chi connectivity index (χ1) is 9.08. The van der Waals surface area contributed by atoms with Crippen molar-refractivity contribution in [1.82, 2.24) is 20.2 Å². The lowest BCUT2D eigenvalue weighted by Crippen LogP contribution is -2.20. The molecule has 0 amide bonds. The summed E-state index contributed by atoms with van der Waals surface area (Å²) in [4.78, 5) is 10.7. The van der Waals surface area contributed by atoms with Crippen LogP contribution < -0.4 is 10.1 Å². The van der Waals surface area contributed by atoms with Crippen LogP contribution >= 0.6 is 0 Å². The summed E-state index contributed by atoms with van der Waals surface area (Å²) in [6, 6.07) is 0. The van der Waals surface area contributed by atoms with E-state index in [4.69, 9.17) is 4.74 Å². The van der Waals surface area contributed by atoms with Crippen LogP contribution in [0.4, 0.5) is 0 Å². The van der Waals surface area contributed by atoms with Crippen LogP contribution in [-0.2, 0) is 6.54 Å². The Hall–Kier alpha value is -1.20. The lowest BCUT2D eigenvalue weighted by atomic mass is 10.2.